The van der Waals surface area contributed by atoms with E-state index in [0.717, 1.165) is 17.1 Å². The Bertz CT molecular complexity index is 3820. The van der Waals surface area contributed by atoms with Crippen LogP contribution in [0.15, 0.2) is 231 Å². The maximum atomic E-state index is 2.42. The van der Waals surface area contributed by atoms with Crippen LogP contribution in [0.3, 0.4) is 0 Å². The van der Waals surface area contributed by atoms with Crippen LogP contribution in [-0.4, -0.2) is 4.57 Å². The van der Waals surface area contributed by atoms with Crippen LogP contribution in [0, 0.1) is 0 Å². The standard InChI is InChI=1S/C63H44N2S.C2H6/c1-63(2)57-22-12-9-19-50(57)51-35-34-49(40-58(51)63)64(47-30-25-42(26-31-47)41-15-5-3-6-16-41)48-32-27-43(28-33-48)54-38-45(39-56-53-21-11-14-24-61(53)66-62(54)56)44-29-36-60-55(37-44)52-20-10-13-23-59(52)65(60)46-17-7-4-8-18-46;1-2/h3-40H,1-2H3;1-2H3. The van der Waals surface area contributed by atoms with Crippen molar-refractivity contribution in [3.63, 3.8) is 0 Å². The van der Waals surface area contributed by atoms with Gasteiger partial charge in [-0.25, -0.2) is 0 Å². The normalized spacial score (nSPS) is 12.5. The quantitative estimate of drug-likeness (QED) is 0.155. The van der Waals surface area contributed by atoms with Crippen molar-refractivity contribution in [2.45, 2.75) is 33.1 Å². The van der Waals surface area contributed by atoms with Crippen molar-refractivity contribution in [1.82, 2.24) is 4.57 Å². The average Bonchev–Trinajstić information content (AvgIpc) is 4.02. The third kappa shape index (κ3) is 6.76. The minimum atomic E-state index is -0.112. The van der Waals surface area contributed by atoms with Crippen LogP contribution < -0.4 is 4.90 Å². The highest BCUT2D eigenvalue weighted by atomic mass is 32.1. The van der Waals surface area contributed by atoms with Gasteiger partial charge in [0.2, 0.25) is 0 Å². The van der Waals surface area contributed by atoms with Crippen LogP contribution >= 0.6 is 11.3 Å². The van der Waals surface area contributed by atoms with E-state index >= 15 is 0 Å². The molecule has 2 aromatic heterocycles. The molecule has 0 amide bonds. The number of thiophene rings is 1. The maximum absolute atomic E-state index is 2.42. The Morgan fingerprint density at radius 2 is 0.926 bits per heavy atom. The molecule has 10 aromatic carbocycles. The molecule has 0 radical (unpaired) electrons. The van der Waals surface area contributed by atoms with Gasteiger partial charge >= 0.3 is 0 Å². The molecule has 13 rings (SSSR count). The highest BCUT2D eigenvalue weighted by molar-refractivity contribution is 7.26. The first-order chi connectivity index (χ1) is 33.5. The predicted molar refractivity (Wildman–Crippen MR) is 294 cm³/mol. The van der Waals surface area contributed by atoms with Crippen molar-refractivity contribution in [1.29, 1.82) is 0 Å². The zero-order valence-electron chi connectivity index (χ0n) is 38.7. The number of fused-ring (bicyclic) bond motifs is 9. The summed E-state index contributed by atoms with van der Waals surface area (Å²) < 4.78 is 5.00. The van der Waals surface area contributed by atoms with Crippen LogP contribution in [0.5, 0.6) is 0 Å². The Morgan fingerprint density at radius 1 is 0.368 bits per heavy atom. The molecule has 0 unspecified atom stereocenters. The lowest BCUT2D eigenvalue weighted by Crippen LogP contribution is -2.16. The molecule has 326 valence electrons. The van der Waals surface area contributed by atoms with Crippen molar-refractivity contribution in [2.24, 2.45) is 0 Å². The van der Waals surface area contributed by atoms with Gasteiger partial charge in [-0.05, 0) is 135 Å². The molecule has 3 heteroatoms. The molecule has 0 fully saturated rings. The Hall–Kier alpha value is -7.98. The number of benzene rings is 10. The topological polar surface area (TPSA) is 8.17 Å². The van der Waals surface area contributed by atoms with Gasteiger partial charge < -0.3 is 9.47 Å². The van der Waals surface area contributed by atoms with Crippen molar-refractivity contribution >= 4 is 70.4 Å². The first-order valence-corrected chi connectivity index (χ1v) is 24.6. The second-order valence-corrected chi connectivity index (χ2v) is 19.2. The van der Waals surface area contributed by atoms with Gasteiger partial charge in [-0.1, -0.05) is 173 Å². The van der Waals surface area contributed by atoms with Crippen molar-refractivity contribution in [2.75, 3.05) is 4.90 Å². The number of hydrogen-bond acceptors (Lipinski definition) is 2. The molecular formula is C65H50N2S. The Kier molecular flexibility index (Phi) is 10.2. The molecule has 2 nitrogen and oxygen atoms in total. The van der Waals surface area contributed by atoms with Gasteiger partial charge in [0.25, 0.3) is 0 Å². The first-order valence-electron chi connectivity index (χ1n) is 23.8. The predicted octanol–water partition coefficient (Wildman–Crippen LogP) is 19.0. The van der Waals surface area contributed by atoms with Gasteiger partial charge in [0.05, 0.1) is 11.0 Å². The molecule has 0 bridgehead atoms. The zero-order chi connectivity index (χ0) is 45.9. The lowest BCUT2D eigenvalue weighted by Gasteiger charge is -2.28. The van der Waals surface area contributed by atoms with E-state index in [1.807, 2.05) is 25.2 Å². The maximum Gasteiger partial charge on any atom is 0.0541 e. The van der Waals surface area contributed by atoms with E-state index in [9.17, 15) is 0 Å². The highest BCUT2D eigenvalue weighted by Crippen LogP contribution is 2.51. The van der Waals surface area contributed by atoms with Gasteiger partial charge in [-0.3, -0.25) is 0 Å². The summed E-state index contributed by atoms with van der Waals surface area (Å²) in [7, 11) is 0. The zero-order valence-corrected chi connectivity index (χ0v) is 39.6. The third-order valence-electron chi connectivity index (χ3n) is 14.0. The third-order valence-corrected chi connectivity index (χ3v) is 15.2. The molecule has 0 saturated heterocycles. The monoisotopic (exact) mass is 890 g/mol. The van der Waals surface area contributed by atoms with Gasteiger partial charge in [0.1, 0.15) is 0 Å². The molecule has 0 atom stereocenters. The fourth-order valence-electron chi connectivity index (χ4n) is 10.7. The molecule has 1 aliphatic carbocycles. The molecule has 0 saturated carbocycles. The number of anilines is 3. The van der Waals surface area contributed by atoms with Gasteiger partial charge in [0.15, 0.2) is 0 Å². The molecule has 2 heterocycles. The van der Waals surface area contributed by atoms with Crippen LogP contribution in [-0.2, 0) is 5.41 Å². The first kappa shape index (κ1) is 41.5. The summed E-state index contributed by atoms with van der Waals surface area (Å²) in [6, 6.07) is 85.1. The van der Waals surface area contributed by atoms with E-state index in [-0.39, 0.29) is 5.41 Å². The molecule has 0 N–H and O–H groups in total. The summed E-state index contributed by atoms with van der Waals surface area (Å²) >= 11 is 1.89. The summed E-state index contributed by atoms with van der Waals surface area (Å²) in [6.45, 7) is 8.72. The summed E-state index contributed by atoms with van der Waals surface area (Å²) in [5.74, 6) is 0. The van der Waals surface area contributed by atoms with E-state index < -0.39 is 0 Å². The van der Waals surface area contributed by atoms with E-state index in [1.165, 1.54) is 103 Å². The average molecular weight is 891 g/mol. The summed E-state index contributed by atoms with van der Waals surface area (Å²) in [5, 5.41) is 5.10. The van der Waals surface area contributed by atoms with E-state index in [2.05, 4.69) is 254 Å². The fraction of sp³-hybridized carbons (Fsp3) is 0.0769. The number of hydrogen-bond donors (Lipinski definition) is 0. The number of aromatic nitrogens is 1. The van der Waals surface area contributed by atoms with E-state index in [0.29, 0.717) is 0 Å². The smallest absolute Gasteiger partial charge is 0.0541 e. The van der Waals surface area contributed by atoms with Crippen LogP contribution in [0.25, 0.3) is 92.2 Å². The minimum absolute atomic E-state index is 0.112. The molecule has 12 aromatic rings. The minimum Gasteiger partial charge on any atom is -0.310 e. The Labute approximate surface area is 402 Å². The summed E-state index contributed by atoms with van der Waals surface area (Å²) in [6.07, 6.45) is 0. The SMILES string of the molecule is CC.CC1(C)c2ccccc2-c2ccc(N(c3ccc(-c4ccccc4)cc3)c3ccc(-c4cc(-c5ccc6c(c5)c5ccccc5n6-c5ccccc5)cc5c4sc4ccccc45)cc3)cc21. The Balaban J connectivity index is 0.00000237. The molecular weight excluding hydrogens is 841 g/mol. The number of nitrogens with zero attached hydrogens (tertiary/aromatic N) is 2. The molecule has 0 spiro atoms. The van der Waals surface area contributed by atoms with Gasteiger partial charge in [-0.2, -0.15) is 0 Å². The Morgan fingerprint density at radius 3 is 1.69 bits per heavy atom. The molecule has 1 aliphatic rings. The number of para-hydroxylation sites is 2. The van der Waals surface area contributed by atoms with Crippen molar-refractivity contribution < 1.29 is 0 Å². The van der Waals surface area contributed by atoms with Crippen molar-refractivity contribution in [3.8, 4) is 50.2 Å². The van der Waals surface area contributed by atoms with Crippen LogP contribution in [0.4, 0.5) is 17.1 Å². The second-order valence-electron chi connectivity index (χ2n) is 18.1. The van der Waals surface area contributed by atoms with Gasteiger partial charge in [-0.15, -0.1) is 11.3 Å². The lowest BCUT2D eigenvalue weighted by molar-refractivity contribution is 0.660. The summed E-state index contributed by atoms with van der Waals surface area (Å²) in [5.41, 5.74) is 19.5. The van der Waals surface area contributed by atoms with Gasteiger partial charge in [0, 0.05) is 64.7 Å². The van der Waals surface area contributed by atoms with Crippen LogP contribution in [0.2, 0.25) is 0 Å². The fourth-order valence-corrected chi connectivity index (χ4v) is 11.9. The molecule has 0 aliphatic heterocycles. The van der Waals surface area contributed by atoms with E-state index in [4.69, 9.17) is 0 Å². The molecule has 68 heavy (non-hydrogen) atoms. The van der Waals surface area contributed by atoms with E-state index in [1.54, 1.807) is 0 Å². The lowest BCUT2D eigenvalue weighted by atomic mass is 9.82. The van der Waals surface area contributed by atoms with Crippen molar-refractivity contribution in [3.05, 3.63) is 242 Å². The number of rotatable bonds is 7. The largest absolute Gasteiger partial charge is 0.310 e. The highest BCUT2D eigenvalue weighted by Gasteiger charge is 2.35. The second kappa shape index (κ2) is 16.7. The summed E-state index contributed by atoms with van der Waals surface area (Å²) in [4.78, 5) is 2.42. The van der Waals surface area contributed by atoms with Crippen LogP contribution in [0.1, 0.15) is 38.8 Å².